The van der Waals surface area contributed by atoms with Gasteiger partial charge in [-0.3, -0.25) is 0 Å². The van der Waals surface area contributed by atoms with Crippen molar-refractivity contribution >= 4 is 0 Å². The molecule has 0 aliphatic rings. The molecule has 0 rings (SSSR count). The maximum Gasteiger partial charge on any atom is -0.0348 e. The van der Waals surface area contributed by atoms with Crippen LogP contribution >= 0.6 is 0 Å². The summed E-state index contributed by atoms with van der Waals surface area (Å²) in [5.41, 5.74) is 0. The van der Waals surface area contributed by atoms with Crippen molar-refractivity contribution in [1.29, 1.82) is 0 Å². The SMILES string of the molecule is [CH2]CCCCCCCCCCCCC=CC=CC. The maximum absolute atomic E-state index is 3.88. The number of allylic oxidation sites excluding steroid dienone is 4. The summed E-state index contributed by atoms with van der Waals surface area (Å²) in [5.74, 6) is 0. The molecule has 18 heavy (non-hydrogen) atoms. The lowest BCUT2D eigenvalue weighted by Gasteiger charge is -2.01. The molecule has 1 radical (unpaired) electrons. The van der Waals surface area contributed by atoms with Crippen LogP contribution in [-0.2, 0) is 0 Å². The zero-order valence-electron chi connectivity index (χ0n) is 12.5. The van der Waals surface area contributed by atoms with Crippen LogP contribution in [0, 0.1) is 6.92 Å². The normalized spacial score (nSPS) is 11.9. The molecule has 0 saturated heterocycles. The Morgan fingerprint density at radius 3 is 1.67 bits per heavy atom. The Morgan fingerprint density at radius 1 is 0.667 bits per heavy atom. The van der Waals surface area contributed by atoms with E-state index in [1.165, 1.54) is 70.6 Å². The molecule has 0 fully saturated rings. The van der Waals surface area contributed by atoms with Crippen LogP contribution in [0.3, 0.4) is 0 Å². The Morgan fingerprint density at radius 2 is 1.17 bits per heavy atom. The molecule has 0 aromatic carbocycles. The van der Waals surface area contributed by atoms with Gasteiger partial charge in [0.1, 0.15) is 0 Å². The highest BCUT2D eigenvalue weighted by molar-refractivity contribution is 5.00. The Labute approximate surface area is 116 Å². The van der Waals surface area contributed by atoms with E-state index in [0.717, 1.165) is 6.42 Å². The summed E-state index contributed by atoms with van der Waals surface area (Å²) in [4.78, 5) is 0. The molecule has 0 aliphatic heterocycles. The maximum atomic E-state index is 3.88. The largest absolute Gasteiger partial charge is 0.0877 e. The van der Waals surface area contributed by atoms with Crippen molar-refractivity contribution in [2.75, 3.05) is 0 Å². The molecule has 0 spiro atoms. The highest BCUT2D eigenvalue weighted by Gasteiger charge is 1.92. The van der Waals surface area contributed by atoms with Crippen molar-refractivity contribution in [3.63, 3.8) is 0 Å². The summed E-state index contributed by atoms with van der Waals surface area (Å²) >= 11 is 0. The van der Waals surface area contributed by atoms with Gasteiger partial charge < -0.3 is 0 Å². The van der Waals surface area contributed by atoms with Gasteiger partial charge in [-0.1, -0.05) is 95.4 Å². The Kier molecular flexibility index (Phi) is 16.0. The first kappa shape index (κ1) is 17.5. The van der Waals surface area contributed by atoms with Crippen molar-refractivity contribution < 1.29 is 0 Å². The minimum atomic E-state index is 1.11. The topological polar surface area (TPSA) is 0 Å². The predicted octanol–water partition coefficient (Wildman–Crippen LogP) is 6.63. The molecule has 0 bridgehead atoms. The molecule has 0 nitrogen and oxygen atoms in total. The molecule has 0 atom stereocenters. The fourth-order valence-electron chi connectivity index (χ4n) is 2.14. The summed E-state index contributed by atoms with van der Waals surface area (Å²) in [6.45, 7) is 5.94. The van der Waals surface area contributed by atoms with Gasteiger partial charge in [0.2, 0.25) is 0 Å². The summed E-state index contributed by atoms with van der Waals surface area (Å²) in [6.07, 6.45) is 25.1. The number of unbranched alkanes of at least 4 members (excludes halogenated alkanes) is 11. The molecule has 0 aromatic rings. The van der Waals surface area contributed by atoms with Crippen molar-refractivity contribution in [2.24, 2.45) is 0 Å². The third kappa shape index (κ3) is 15.5. The lowest BCUT2D eigenvalue weighted by molar-refractivity contribution is 0.553. The van der Waals surface area contributed by atoms with Crippen molar-refractivity contribution in [2.45, 2.75) is 84.0 Å². The van der Waals surface area contributed by atoms with Gasteiger partial charge in [-0.25, -0.2) is 0 Å². The Hall–Kier alpha value is -0.520. The van der Waals surface area contributed by atoms with Crippen LogP contribution in [0.4, 0.5) is 0 Å². The van der Waals surface area contributed by atoms with Crippen molar-refractivity contribution in [3.8, 4) is 0 Å². The number of hydrogen-bond donors (Lipinski definition) is 0. The summed E-state index contributed by atoms with van der Waals surface area (Å²) in [5, 5.41) is 0. The first-order valence-corrected chi connectivity index (χ1v) is 7.99. The zero-order valence-corrected chi connectivity index (χ0v) is 12.5. The van der Waals surface area contributed by atoms with Gasteiger partial charge in [0, 0.05) is 0 Å². The number of hydrogen-bond acceptors (Lipinski definition) is 0. The zero-order chi connectivity index (χ0) is 13.3. The average Bonchev–Trinajstić information content (AvgIpc) is 2.39. The second-order valence-corrected chi connectivity index (χ2v) is 5.13. The van der Waals surface area contributed by atoms with Gasteiger partial charge in [-0.15, -0.1) is 0 Å². The van der Waals surface area contributed by atoms with Crippen LogP contribution in [0.15, 0.2) is 24.3 Å². The van der Waals surface area contributed by atoms with E-state index in [1.54, 1.807) is 0 Å². The smallest absolute Gasteiger partial charge is 0.0348 e. The van der Waals surface area contributed by atoms with E-state index in [-0.39, 0.29) is 0 Å². The molecule has 0 amide bonds. The second kappa shape index (κ2) is 16.5. The van der Waals surface area contributed by atoms with Gasteiger partial charge in [0.05, 0.1) is 0 Å². The summed E-state index contributed by atoms with van der Waals surface area (Å²) < 4.78 is 0. The van der Waals surface area contributed by atoms with E-state index >= 15 is 0 Å². The van der Waals surface area contributed by atoms with Gasteiger partial charge in [0.25, 0.3) is 0 Å². The van der Waals surface area contributed by atoms with E-state index in [0.29, 0.717) is 0 Å². The third-order valence-corrected chi connectivity index (χ3v) is 3.31. The van der Waals surface area contributed by atoms with Crippen LogP contribution in [-0.4, -0.2) is 0 Å². The molecule has 0 aromatic heterocycles. The van der Waals surface area contributed by atoms with Crippen LogP contribution < -0.4 is 0 Å². The lowest BCUT2D eigenvalue weighted by Crippen LogP contribution is -1.81. The molecule has 0 heteroatoms. The van der Waals surface area contributed by atoms with Crippen molar-refractivity contribution in [3.05, 3.63) is 31.2 Å². The minimum absolute atomic E-state index is 1.11. The second-order valence-electron chi connectivity index (χ2n) is 5.13. The summed E-state index contributed by atoms with van der Waals surface area (Å²) in [6, 6.07) is 0. The third-order valence-electron chi connectivity index (χ3n) is 3.31. The van der Waals surface area contributed by atoms with Crippen molar-refractivity contribution in [1.82, 2.24) is 0 Å². The van der Waals surface area contributed by atoms with Gasteiger partial charge >= 0.3 is 0 Å². The van der Waals surface area contributed by atoms with E-state index < -0.39 is 0 Å². The molecular formula is C18H33. The van der Waals surface area contributed by atoms with Gasteiger partial charge in [-0.05, 0) is 19.8 Å². The molecule has 0 unspecified atom stereocenters. The monoisotopic (exact) mass is 249 g/mol. The average molecular weight is 249 g/mol. The first-order chi connectivity index (χ1) is 8.91. The highest BCUT2D eigenvalue weighted by atomic mass is 14.0. The van der Waals surface area contributed by atoms with E-state index in [1.807, 2.05) is 0 Å². The van der Waals surface area contributed by atoms with Gasteiger partial charge in [0.15, 0.2) is 0 Å². The predicted molar refractivity (Wildman–Crippen MR) is 84.7 cm³/mol. The minimum Gasteiger partial charge on any atom is -0.0877 e. The number of rotatable bonds is 13. The molecular weight excluding hydrogens is 216 g/mol. The quantitative estimate of drug-likeness (QED) is 0.254. The van der Waals surface area contributed by atoms with Gasteiger partial charge in [-0.2, -0.15) is 0 Å². The molecule has 0 heterocycles. The van der Waals surface area contributed by atoms with Crippen LogP contribution in [0.25, 0.3) is 0 Å². The molecule has 0 saturated carbocycles. The Balaban J connectivity index is 2.98. The van der Waals surface area contributed by atoms with E-state index in [9.17, 15) is 0 Å². The van der Waals surface area contributed by atoms with Crippen LogP contribution in [0.5, 0.6) is 0 Å². The fraction of sp³-hybridized carbons (Fsp3) is 0.722. The lowest BCUT2D eigenvalue weighted by atomic mass is 10.1. The molecule has 0 N–H and O–H groups in total. The summed E-state index contributed by atoms with van der Waals surface area (Å²) in [7, 11) is 0. The van der Waals surface area contributed by atoms with Crippen LogP contribution in [0.2, 0.25) is 0 Å². The first-order valence-electron chi connectivity index (χ1n) is 7.99. The van der Waals surface area contributed by atoms with Crippen LogP contribution in [0.1, 0.15) is 84.0 Å². The Bertz CT molecular complexity index is 188. The van der Waals surface area contributed by atoms with E-state index in [4.69, 9.17) is 0 Å². The standard InChI is InChI=1S/C18H33/c1-3-5-7-9-11-13-15-17-18-16-14-12-10-8-6-4-2/h4,6,8,10H,1,3,5,7,9,11-18H2,2H3. The van der Waals surface area contributed by atoms with E-state index in [2.05, 4.69) is 38.2 Å². The molecule has 0 aliphatic carbocycles. The fourth-order valence-corrected chi connectivity index (χ4v) is 2.14. The molecule has 105 valence electrons. The highest BCUT2D eigenvalue weighted by Crippen LogP contribution is 2.11.